The Kier molecular flexibility index (Phi) is 4.80. The van der Waals surface area contributed by atoms with Crippen molar-refractivity contribution in [2.24, 2.45) is 0 Å². The molecule has 0 unspecified atom stereocenters. The summed E-state index contributed by atoms with van der Waals surface area (Å²) in [5, 5.41) is 9.18. The Labute approximate surface area is 122 Å². The van der Waals surface area contributed by atoms with E-state index < -0.39 is 5.97 Å². The van der Waals surface area contributed by atoms with E-state index in [1.54, 1.807) is 18.2 Å². The van der Waals surface area contributed by atoms with Crippen molar-refractivity contribution in [1.29, 1.82) is 0 Å². The fourth-order valence-electron chi connectivity index (χ4n) is 1.62. The summed E-state index contributed by atoms with van der Waals surface area (Å²) in [4.78, 5) is 10.4. The van der Waals surface area contributed by atoms with Crippen molar-refractivity contribution in [3.63, 3.8) is 0 Å². The summed E-state index contributed by atoms with van der Waals surface area (Å²) < 4.78 is 5.61. The Morgan fingerprint density at radius 2 is 1.95 bits per heavy atom. The summed E-state index contributed by atoms with van der Waals surface area (Å²) >= 11 is 5.87. The molecule has 0 radical (unpaired) electrons. The summed E-state index contributed by atoms with van der Waals surface area (Å²) in [5.41, 5.74) is 1.83. The molecule has 0 aromatic heterocycles. The van der Waals surface area contributed by atoms with Crippen molar-refractivity contribution in [1.82, 2.24) is 0 Å². The zero-order valence-corrected chi connectivity index (χ0v) is 11.4. The largest absolute Gasteiger partial charge is 0.489 e. The molecule has 102 valence electrons. The zero-order valence-electron chi connectivity index (χ0n) is 10.6. The highest BCUT2D eigenvalue weighted by Gasteiger charge is 1.97. The predicted octanol–water partition coefficient (Wildman–Crippen LogP) is 4.02. The lowest BCUT2D eigenvalue weighted by molar-refractivity contribution is -0.131. The Balaban J connectivity index is 1.95. The molecule has 0 aliphatic carbocycles. The van der Waals surface area contributed by atoms with Crippen LogP contribution in [0.5, 0.6) is 5.75 Å². The van der Waals surface area contributed by atoms with Crippen molar-refractivity contribution in [3.8, 4) is 5.75 Å². The van der Waals surface area contributed by atoms with Gasteiger partial charge in [-0.3, -0.25) is 0 Å². The van der Waals surface area contributed by atoms with Gasteiger partial charge in [-0.2, -0.15) is 0 Å². The SMILES string of the molecule is O=C(O)C=Cc1ccc(COc2cccc(Cl)c2)cc1. The van der Waals surface area contributed by atoms with Gasteiger partial charge in [0.1, 0.15) is 12.4 Å². The first-order chi connectivity index (χ1) is 9.63. The van der Waals surface area contributed by atoms with Crippen molar-refractivity contribution in [2.75, 3.05) is 0 Å². The molecule has 0 heterocycles. The van der Waals surface area contributed by atoms with Gasteiger partial charge in [0.25, 0.3) is 0 Å². The van der Waals surface area contributed by atoms with Crippen molar-refractivity contribution in [3.05, 3.63) is 70.8 Å². The van der Waals surface area contributed by atoms with E-state index in [0.29, 0.717) is 17.4 Å². The van der Waals surface area contributed by atoms with Crippen LogP contribution >= 0.6 is 11.6 Å². The molecular formula is C16H13ClO3. The maximum atomic E-state index is 10.4. The molecule has 0 amide bonds. The molecule has 0 saturated heterocycles. The van der Waals surface area contributed by atoms with Gasteiger partial charge in [0.05, 0.1) is 0 Å². The second-order valence-electron chi connectivity index (χ2n) is 4.16. The highest BCUT2D eigenvalue weighted by molar-refractivity contribution is 6.30. The molecule has 0 saturated carbocycles. The number of aliphatic carboxylic acids is 1. The fraction of sp³-hybridized carbons (Fsp3) is 0.0625. The number of benzene rings is 2. The third kappa shape index (κ3) is 4.44. The van der Waals surface area contributed by atoms with Gasteiger partial charge < -0.3 is 9.84 Å². The van der Waals surface area contributed by atoms with Crippen LogP contribution in [0.1, 0.15) is 11.1 Å². The van der Waals surface area contributed by atoms with Crippen LogP contribution in [0.15, 0.2) is 54.6 Å². The van der Waals surface area contributed by atoms with Gasteiger partial charge in [-0.15, -0.1) is 0 Å². The van der Waals surface area contributed by atoms with E-state index in [2.05, 4.69) is 0 Å². The lowest BCUT2D eigenvalue weighted by Gasteiger charge is -2.06. The van der Waals surface area contributed by atoms with Crippen LogP contribution in [0.2, 0.25) is 5.02 Å². The van der Waals surface area contributed by atoms with Crippen LogP contribution in [0.4, 0.5) is 0 Å². The van der Waals surface area contributed by atoms with Crippen LogP contribution in [0.3, 0.4) is 0 Å². The fourth-order valence-corrected chi connectivity index (χ4v) is 1.80. The highest BCUT2D eigenvalue weighted by atomic mass is 35.5. The number of rotatable bonds is 5. The first kappa shape index (κ1) is 14.2. The van der Waals surface area contributed by atoms with E-state index in [-0.39, 0.29) is 0 Å². The molecule has 3 nitrogen and oxygen atoms in total. The Hall–Kier alpha value is -2.26. The molecule has 20 heavy (non-hydrogen) atoms. The minimum Gasteiger partial charge on any atom is -0.489 e. The number of halogens is 1. The number of ether oxygens (including phenoxy) is 1. The number of hydrogen-bond donors (Lipinski definition) is 1. The first-order valence-electron chi connectivity index (χ1n) is 6.02. The average Bonchev–Trinajstić information content (AvgIpc) is 2.44. The standard InChI is InChI=1S/C16H13ClO3/c17-14-2-1-3-15(10-14)20-11-13-6-4-12(5-7-13)8-9-16(18)19/h1-10H,11H2,(H,18,19). The quantitative estimate of drug-likeness (QED) is 0.845. The van der Waals surface area contributed by atoms with Crippen LogP contribution < -0.4 is 4.74 Å². The van der Waals surface area contributed by atoms with E-state index in [1.807, 2.05) is 36.4 Å². The van der Waals surface area contributed by atoms with E-state index in [4.69, 9.17) is 21.4 Å². The Bertz CT molecular complexity index is 618. The second kappa shape index (κ2) is 6.78. The van der Waals surface area contributed by atoms with Crippen molar-refractivity contribution >= 4 is 23.6 Å². The summed E-state index contributed by atoms with van der Waals surface area (Å²) in [6, 6.07) is 14.7. The smallest absolute Gasteiger partial charge is 0.328 e. The van der Waals surface area contributed by atoms with Gasteiger partial charge in [-0.25, -0.2) is 4.79 Å². The van der Waals surface area contributed by atoms with Gasteiger partial charge in [0.15, 0.2) is 0 Å². The van der Waals surface area contributed by atoms with Gasteiger partial charge >= 0.3 is 5.97 Å². The topological polar surface area (TPSA) is 46.5 Å². The van der Waals surface area contributed by atoms with E-state index in [1.165, 1.54) is 0 Å². The first-order valence-corrected chi connectivity index (χ1v) is 6.39. The number of carboxylic acids is 1. The zero-order chi connectivity index (χ0) is 14.4. The minimum absolute atomic E-state index is 0.434. The molecule has 1 N–H and O–H groups in total. The molecule has 4 heteroatoms. The monoisotopic (exact) mass is 288 g/mol. The highest BCUT2D eigenvalue weighted by Crippen LogP contribution is 2.18. The second-order valence-corrected chi connectivity index (χ2v) is 4.60. The summed E-state index contributed by atoms with van der Waals surface area (Å²) in [7, 11) is 0. The summed E-state index contributed by atoms with van der Waals surface area (Å²) in [5.74, 6) is -0.245. The minimum atomic E-state index is -0.960. The number of hydrogen-bond acceptors (Lipinski definition) is 2. The Morgan fingerprint density at radius 1 is 1.20 bits per heavy atom. The van der Waals surface area contributed by atoms with Crippen molar-refractivity contribution in [2.45, 2.75) is 6.61 Å². The molecule has 2 aromatic carbocycles. The van der Waals surface area contributed by atoms with Gasteiger partial charge in [0, 0.05) is 11.1 Å². The molecule has 0 bridgehead atoms. The van der Waals surface area contributed by atoms with E-state index in [0.717, 1.165) is 17.2 Å². The number of carbonyl (C=O) groups is 1. The molecular weight excluding hydrogens is 276 g/mol. The molecule has 2 aromatic rings. The molecule has 0 aliphatic heterocycles. The predicted molar refractivity (Wildman–Crippen MR) is 78.9 cm³/mol. The molecule has 0 atom stereocenters. The van der Waals surface area contributed by atoms with E-state index >= 15 is 0 Å². The maximum Gasteiger partial charge on any atom is 0.328 e. The Morgan fingerprint density at radius 3 is 2.60 bits per heavy atom. The maximum absolute atomic E-state index is 10.4. The summed E-state index contributed by atoms with van der Waals surface area (Å²) in [6.07, 6.45) is 2.65. The third-order valence-electron chi connectivity index (χ3n) is 2.60. The summed E-state index contributed by atoms with van der Waals surface area (Å²) in [6.45, 7) is 0.434. The molecule has 2 rings (SSSR count). The lowest BCUT2D eigenvalue weighted by atomic mass is 10.1. The van der Waals surface area contributed by atoms with Crippen LogP contribution in [-0.4, -0.2) is 11.1 Å². The van der Waals surface area contributed by atoms with E-state index in [9.17, 15) is 4.79 Å². The van der Waals surface area contributed by atoms with Gasteiger partial charge in [-0.05, 0) is 35.4 Å². The number of carboxylic acid groups (broad SMARTS) is 1. The van der Waals surface area contributed by atoms with Crippen molar-refractivity contribution < 1.29 is 14.6 Å². The molecule has 0 spiro atoms. The van der Waals surface area contributed by atoms with Crippen LogP contribution in [0, 0.1) is 0 Å². The normalized spacial score (nSPS) is 10.7. The van der Waals surface area contributed by atoms with Gasteiger partial charge in [0.2, 0.25) is 0 Å². The molecule has 0 fully saturated rings. The van der Waals surface area contributed by atoms with Crippen LogP contribution in [0.25, 0.3) is 6.08 Å². The lowest BCUT2D eigenvalue weighted by Crippen LogP contribution is -1.95. The molecule has 0 aliphatic rings. The van der Waals surface area contributed by atoms with Crippen LogP contribution in [-0.2, 0) is 11.4 Å². The van der Waals surface area contributed by atoms with Gasteiger partial charge in [-0.1, -0.05) is 41.9 Å². The average molecular weight is 289 g/mol. The third-order valence-corrected chi connectivity index (χ3v) is 2.83.